The van der Waals surface area contributed by atoms with Crippen molar-refractivity contribution in [3.63, 3.8) is 0 Å². The monoisotopic (exact) mass is 238 g/mol. The molecule has 0 heterocycles. The van der Waals surface area contributed by atoms with Crippen LogP contribution in [0.5, 0.6) is 0 Å². The lowest BCUT2D eigenvalue weighted by atomic mass is 9.71. The Kier molecular flexibility index (Phi) is 2.55. The van der Waals surface area contributed by atoms with Crippen molar-refractivity contribution < 1.29 is 4.39 Å². The van der Waals surface area contributed by atoms with Crippen molar-refractivity contribution >= 4 is 0 Å². The zero-order valence-electron chi connectivity index (χ0n) is 10.4. The van der Waals surface area contributed by atoms with Gasteiger partial charge in [-0.15, -0.1) is 0 Å². The first-order valence-corrected chi connectivity index (χ1v) is 6.21. The standard InChI is InChI=1S/C17H15F/c1-17(14-8-3-2-4-9-14)12-15(18)11-13-7-5-6-10-16(13)17/h2-10,12H,11H2,1H3. The number of allylic oxidation sites excluding steroid dienone is 2. The van der Waals surface area contributed by atoms with Crippen LogP contribution in [-0.4, -0.2) is 0 Å². The zero-order valence-corrected chi connectivity index (χ0v) is 10.4. The number of halogens is 1. The molecule has 0 saturated carbocycles. The van der Waals surface area contributed by atoms with Crippen LogP contribution in [0.15, 0.2) is 66.5 Å². The molecule has 3 rings (SSSR count). The summed E-state index contributed by atoms with van der Waals surface area (Å²) < 4.78 is 13.9. The van der Waals surface area contributed by atoms with Crippen LogP contribution >= 0.6 is 0 Å². The van der Waals surface area contributed by atoms with Gasteiger partial charge in [-0.05, 0) is 29.7 Å². The Balaban J connectivity index is 2.24. The fraction of sp³-hybridized carbons (Fsp3) is 0.176. The van der Waals surface area contributed by atoms with Crippen molar-refractivity contribution in [3.8, 4) is 0 Å². The SMILES string of the molecule is CC1(c2ccccc2)C=C(F)Cc2ccccc21. The van der Waals surface area contributed by atoms with Gasteiger partial charge in [0.05, 0.1) is 0 Å². The zero-order chi connectivity index (χ0) is 12.6. The molecule has 1 aliphatic rings. The van der Waals surface area contributed by atoms with Gasteiger partial charge in [0.1, 0.15) is 5.83 Å². The maximum Gasteiger partial charge on any atom is 0.102 e. The number of hydrogen-bond acceptors (Lipinski definition) is 0. The summed E-state index contributed by atoms with van der Waals surface area (Å²) in [6, 6.07) is 18.2. The van der Waals surface area contributed by atoms with E-state index in [1.807, 2.05) is 36.4 Å². The Bertz CT molecular complexity index is 598. The summed E-state index contributed by atoms with van der Waals surface area (Å²) in [4.78, 5) is 0. The molecule has 1 heteroatoms. The summed E-state index contributed by atoms with van der Waals surface area (Å²) in [5.74, 6) is -0.0416. The van der Waals surface area contributed by atoms with Crippen LogP contribution in [0, 0.1) is 0 Å². The van der Waals surface area contributed by atoms with E-state index in [1.54, 1.807) is 6.08 Å². The predicted octanol–water partition coefficient (Wildman–Crippen LogP) is 4.40. The largest absolute Gasteiger partial charge is 0.212 e. The fourth-order valence-corrected chi connectivity index (χ4v) is 2.83. The van der Waals surface area contributed by atoms with Gasteiger partial charge in [-0.25, -0.2) is 4.39 Å². The number of rotatable bonds is 1. The molecule has 0 saturated heterocycles. The molecule has 2 aromatic carbocycles. The molecule has 90 valence electrons. The fourth-order valence-electron chi connectivity index (χ4n) is 2.83. The molecule has 18 heavy (non-hydrogen) atoms. The van der Waals surface area contributed by atoms with Crippen LogP contribution in [0.25, 0.3) is 0 Å². The predicted molar refractivity (Wildman–Crippen MR) is 72.2 cm³/mol. The minimum atomic E-state index is -0.361. The molecule has 0 nitrogen and oxygen atoms in total. The molecule has 1 atom stereocenters. The third-order valence-corrected chi connectivity index (χ3v) is 3.75. The molecule has 0 fully saturated rings. The van der Waals surface area contributed by atoms with Gasteiger partial charge in [0, 0.05) is 11.8 Å². The van der Waals surface area contributed by atoms with Crippen molar-refractivity contribution in [2.24, 2.45) is 0 Å². The molecule has 0 N–H and O–H groups in total. The van der Waals surface area contributed by atoms with Gasteiger partial charge in [-0.2, -0.15) is 0 Å². The average Bonchev–Trinajstić information content (AvgIpc) is 2.39. The van der Waals surface area contributed by atoms with Crippen LogP contribution in [0.1, 0.15) is 23.6 Å². The second kappa shape index (κ2) is 4.09. The van der Waals surface area contributed by atoms with E-state index in [4.69, 9.17) is 0 Å². The van der Waals surface area contributed by atoms with Crippen LogP contribution < -0.4 is 0 Å². The maximum atomic E-state index is 13.9. The van der Waals surface area contributed by atoms with E-state index >= 15 is 0 Å². The first-order chi connectivity index (χ1) is 8.70. The number of benzene rings is 2. The first-order valence-electron chi connectivity index (χ1n) is 6.21. The Morgan fingerprint density at radius 3 is 2.39 bits per heavy atom. The third-order valence-electron chi connectivity index (χ3n) is 3.75. The van der Waals surface area contributed by atoms with Crippen LogP contribution in [0.3, 0.4) is 0 Å². The molecular weight excluding hydrogens is 223 g/mol. The van der Waals surface area contributed by atoms with Gasteiger partial charge >= 0.3 is 0 Å². The second-order valence-electron chi connectivity index (χ2n) is 4.99. The lowest BCUT2D eigenvalue weighted by Crippen LogP contribution is -2.26. The van der Waals surface area contributed by atoms with Crippen LogP contribution in [-0.2, 0) is 11.8 Å². The lowest BCUT2D eigenvalue weighted by Gasteiger charge is -2.33. The van der Waals surface area contributed by atoms with E-state index in [0.717, 1.165) is 11.1 Å². The van der Waals surface area contributed by atoms with Crippen molar-refractivity contribution in [1.29, 1.82) is 0 Å². The number of fused-ring (bicyclic) bond motifs is 1. The minimum Gasteiger partial charge on any atom is -0.212 e. The highest BCUT2D eigenvalue weighted by Crippen LogP contribution is 2.40. The first kappa shape index (κ1) is 11.2. The minimum absolute atomic E-state index is 0.0416. The van der Waals surface area contributed by atoms with E-state index in [1.165, 1.54) is 5.56 Å². The Labute approximate surface area is 107 Å². The van der Waals surface area contributed by atoms with E-state index in [2.05, 4.69) is 25.1 Å². The van der Waals surface area contributed by atoms with Crippen molar-refractivity contribution in [3.05, 3.63) is 83.2 Å². The summed E-state index contributed by atoms with van der Waals surface area (Å²) in [6.45, 7) is 2.08. The van der Waals surface area contributed by atoms with Gasteiger partial charge < -0.3 is 0 Å². The lowest BCUT2D eigenvalue weighted by molar-refractivity contribution is 0.559. The number of hydrogen-bond donors (Lipinski definition) is 0. The Morgan fingerprint density at radius 1 is 0.944 bits per heavy atom. The maximum absolute atomic E-state index is 13.9. The quantitative estimate of drug-likeness (QED) is 0.690. The summed E-state index contributed by atoms with van der Waals surface area (Å²) in [7, 11) is 0. The van der Waals surface area contributed by atoms with Crippen LogP contribution in [0.2, 0.25) is 0 Å². The highest BCUT2D eigenvalue weighted by Gasteiger charge is 2.32. The smallest absolute Gasteiger partial charge is 0.102 e. The van der Waals surface area contributed by atoms with Crippen molar-refractivity contribution in [2.45, 2.75) is 18.8 Å². The molecule has 1 unspecified atom stereocenters. The second-order valence-corrected chi connectivity index (χ2v) is 4.99. The van der Waals surface area contributed by atoms with Crippen LogP contribution in [0.4, 0.5) is 4.39 Å². The molecule has 0 amide bonds. The topological polar surface area (TPSA) is 0 Å². The summed E-state index contributed by atoms with van der Waals surface area (Å²) in [5, 5.41) is 0. The molecule has 0 spiro atoms. The van der Waals surface area contributed by atoms with E-state index in [9.17, 15) is 4.39 Å². The normalized spacial score (nSPS) is 22.2. The molecule has 0 aliphatic heterocycles. The molecule has 1 aliphatic carbocycles. The summed E-state index contributed by atoms with van der Waals surface area (Å²) in [5.41, 5.74) is 3.06. The van der Waals surface area contributed by atoms with Crippen molar-refractivity contribution in [1.82, 2.24) is 0 Å². The van der Waals surface area contributed by atoms with Crippen molar-refractivity contribution in [2.75, 3.05) is 0 Å². The van der Waals surface area contributed by atoms with Gasteiger partial charge in [0.15, 0.2) is 0 Å². The van der Waals surface area contributed by atoms with E-state index in [0.29, 0.717) is 6.42 Å². The summed E-state index contributed by atoms with van der Waals surface area (Å²) in [6.07, 6.45) is 2.17. The van der Waals surface area contributed by atoms with Gasteiger partial charge in [-0.3, -0.25) is 0 Å². The molecule has 0 aromatic heterocycles. The highest BCUT2D eigenvalue weighted by atomic mass is 19.1. The molecular formula is C17H15F. The molecule has 2 aromatic rings. The Hall–Kier alpha value is -1.89. The van der Waals surface area contributed by atoms with E-state index < -0.39 is 0 Å². The van der Waals surface area contributed by atoms with E-state index in [-0.39, 0.29) is 11.2 Å². The van der Waals surface area contributed by atoms with Gasteiger partial charge in [0.25, 0.3) is 0 Å². The molecule has 0 radical (unpaired) electrons. The Morgan fingerprint density at radius 2 is 1.61 bits per heavy atom. The summed E-state index contributed by atoms with van der Waals surface area (Å²) >= 11 is 0. The highest BCUT2D eigenvalue weighted by molar-refractivity contribution is 5.51. The molecule has 0 bridgehead atoms. The average molecular weight is 238 g/mol. The van der Waals surface area contributed by atoms with Gasteiger partial charge in [-0.1, -0.05) is 54.6 Å². The third kappa shape index (κ3) is 1.67. The van der Waals surface area contributed by atoms with Gasteiger partial charge in [0.2, 0.25) is 0 Å².